The molecular weight excluding hydrogens is 375 g/mol. The summed E-state index contributed by atoms with van der Waals surface area (Å²) >= 11 is 0. The van der Waals surface area contributed by atoms with Crippen LogP contribution in [0.3, 0.4) is 0 Å². The summed E-state index contributed by atoms with van der Waals surface area (Å²) in [7, 11) is -3.94. The molecule has 0 unspecified atom stereocenters. The van der Waals surface area contributed by atoms with Gasteiger partial charge in [0.1, 0.15) is 0 Å². The molecule has 0 saturated carbocycles. The zero-order chi connectivity index (χ0) is 19.6. The minimum absolute atomic E-state index is 0.114. The first kappa shape index (κ1) is 19.1. The van der Waals surface area contributed by atoms with Crippen LogP contribution in [0.25, 0.3) is 0 Å². The summed E-state index contributed by atoms with van der Waals surface area (Å²) < 4.78 is 37.4. The van der Waals surface area contributed by atoms with Gasteiger partial charge in [0.2, 0.25) is 0 Å². The fraction of sp³-hybridized carbons (Fsp3) is 0.200. The number of sulfonamides is 1. The molecule has 27 heavy (non-hydrogen) atoms. The number of hydrogen-bond acceptors (Lipinski definition) is 8. The van der Waals surface area contributed by atoms with E-state index in [0.29, 0.717) is 5.46 Å². The fourth-order valence-electron chi connectivity index (χ4n) is 2.60. The van der Waals surface area contributed by atoms with Crippen molar-refractivity contribution in [2.75, 3.05) is 17.1 Å². The third-order valence-electron chi connectivity index (χ3n) is 3.89. The molecule has 0 spiro atoms. The smallest absolute Gasteiger partial charge is 0.453 e. The zero-order valence-electron chi connectivity index (χ0n) is 14.3. The molecule has 0 saturated heterocycles. The predicted octanol–water partition coefficient (Wildman–Crippen LogP) is -0.263. The fourth-order valence-corrected chi connectivity index (χ4v) is 3.82. The SMILES string of the molecule is COC(=O)Nc1cnc(S(=O)(=O)Nc2ccc3c(c2)B(O)OC3)c(CN)c1. The van der Waals surface area contributed by atoms with E-state index < -0.39 is 23.2 Å². The van der Waals surface area contributed by atoms with E-state index >= 15 is 0 Å². The van der Waals surface area contributed by atoms with Gasteiger partial charge in [-0.1, -0.05) is 6.07 Å². The number of pyridine rings is 1. The first-order chi connectivity index (χ1) is 12.8. The van der Waals surface area contributed by atoms with Crippen molar-refractivity contribution in [3.63, 3.8) is 0 Å². The second kappa shape index (κ2) is 7.52. The van der Waals surface area contributed by atoms with Crippen LogP contribution in [0.15, 0.2) is 35.5 Å². The number of nitrogens with one attached hydrogen (secondary N) is 2. The Morgan fingerprint density at radius 1 is 1.41 bits per heavy atom. The highest BCUT2D eigenvalue weighted by atomic mass is 32.2. The van der Waals surface area contributed by atoms with Gasteiger partial charge in [0, 0.05) is 17.8 Å². The van der Waals surface area contributed by atoms with Gasteiger partial charge >= 0.3 is 13.2 Å². The van der Waals surface area contributed by atoms with Crippen LogP contribution in [0.2, 0.25) is 0 Å². The van der Waals surface area contributed by atoms with Gasteiger partial charge in [0.25, 0.3) is 10.0 Å². The molecule has 0 fully saturated rings. The quantitative estimate of drug-likeness (QED) is 0.508. The molecule has 142 valence electrons. The van der Waals surface area contributed by atoms with Gasteiger partial charge < -0.3 is 20.1 Å². The van der Waals surface area contributed by atoms with Crippen molar-refractivity contribution < 1.29 is 27.6 Å². The monoisotopic (exact) mass is 392 g/mol. The van der Waals surface area contributed by atoms with Gasteiger partial charge in [0.05, 0.1) is 25.6 Å². The van der Waals surface area contributed by atoms with Crippen molar-refractivity contribution in [1.29, 1.82) is 0 Å². The predicted molar refractivity (Wildman–Crippen MR) is 97.8 cm³/mol. The number of nitrogens with two attached hydrogens (primary N) is 1. The number of benzene rings is 1. The molecule has 0 atom stereocenters. The van der Waals surface area contributed by atoms with E-state index in [-0.39, 0.29) is 35.1 Å². The van der Waals surface area contributed by atoms with Crippen LogP contribution < -0.4 is 21.2 Å². The second-order valence-electron chi connectivity index (χ2n) is 5.69. The number of hydrogen-bond donors (Lipinski definition) is 4. The van der Waals surface area contributed by atoms with Crippen molar-refractivity contribution in [3.8, 4) is 0 Å². The van der Waals surface area contributed by atoms with Gasteiger partial charge in [-0.3, -0.25) is 10.0 Å². The van der Waals surface area contributed by atoms with Crippen molar-refractivity contribution in [2.45, 2.75) is 18.2 Å². The van der Waals surface area contributed by atoms with E-state index in [0.717, 1.165) is 5.56 Å². The maximum Gasteiger partial charge on any atom is 0.491 e. The molecule has 1 aromatic carbocycles. The summed E-state index contributed by atoms with van der Waals surface area (Å²) in [6.45, 7) is 0.147. The Hall–Kier alpha value is -2.67. The molecule has 1 aliphatic heterocycles. The van der Waals surface area contributed by atoms with Gasteiger partial charge in [0.15, 0.2) is 5.03 Å². The van der Waals surface area contributed by atoms with E-state index in [1.807, 2.05) is 0 Å². The van der Waals surface area contributed by atoms with Crippen molar-refractivity contribution in [2.24, 2.45) is 5.73 Å². The Bertz CT molecular complexity index is 984. The summed E-state index contributed by atoms with van der Waals surface area (Å²) in [6.07, 6.45) is 0.470. The highest BCUT2D eigenvalue weighted by Crippen LogP contribution is 2.21. The lowest BCUT2D eigenvalue weighted by Crippen LogP contribution is -2.28. The number of methoxy groups -OCH3 is 1. The van der Waals surface area contributed by atoms with Crippen LogP contribution >= 0.6 is 0 Å². The van der Waals surface area contributed by atoms with Crippen LogP contribution in [0, 0.1) is 0 Å². The van der Waals surface area contributed by atoms with Gasteiger partial charge in [-0.15, -0.1) is 0 Å². The molecule has 0 aliphatic carbocycles. The number of amides is 1. The Kier molecular flexibility index (Phi) is 5.32. The van der Waals surface area contributed by atoms with Crippen molar-refractivity contribution in [3.05, 3.63) is 41.6 Å². The summed E-state index contributed by atoms with van der Waals surface area (Å²) in [5.74, 6) is 0. The summed E-state index contributed by atoms with van der Waals surface area (Å²) in [5, 5.41) is 11.9. The van der Waals surface area contributed by atoms with E-state index in [1.54, 1.807) is 12.1 Å². The number of ether oxygens (including phenoxy) is 1. The summed E-state index contributed by atoms with van der Waals surface area (Å²) in [5.41, 5.74) is 7.63. The topological polar surface area (TPSA) is 153 Å². The van der Waals surface area contributed by atoms with E-state index in [1.165, 1.54) is 25.4 Å². The van der Waals surface area contributed by atoms with Gasteiger partial charge in [-0.05, 0) is 29.2 Å². The molecular formula is C15H17BN4O6S. The second-order valence-corrected chi connectivity index (χ2v) is 7.29. The van der Waals surface area contributed by atoms with Crippen LogP contribution in [0.1, 0.15) is 11.1 Å². The van der Waals surface area contributed by atoms with Crippen LogP contribution in [-0.2, 0) is 32.6 Å². The van der Waals surface area contributed by atoms with E-state index in [4.69, 9.17) is 10.4 Å². The lowest BCUT2D eigenvalue weighted by molar-refractivity contribution is 0.187. The number of carbonyl (C=O) groups excluding carboxylic acids is 1. The van der Waals surface area contributed by atoms with Crippen molar-refractivity contribution >= 4 is 40.1 Å². The molecule has 1 aromatic heterocycles. The average molecular weight is 392 g/mol. The molecule has 0 radical (unpaired) electrons. The lowest BCUT2D eigenvalue weighted by atomic mass is 9.79. The maximum atomic E-state index is 12.7. The molecule has 12 heteroatoms. The molecule has 3 rings (SSSR count). The Morgan fingerprint density at radius 3 is 2.89 bits per heavy atom. The number of carbonyl (C=O) groups is 1. The zero-order valence-corrected chi connectivity index (χ0v) is 15.1. The van der Waals surface area contributed by atoms with Crippen LogP contribution in [-0.4, -0.2) is 38.7 Å². The Balaban J connectivity index is 1.88. The number of anilines is 2. The first-order valence-corrected chi connectivity index (χ1v) is 9.31. The average Bonchev–Trinajstić information content (AvgIpc) is 3.01. The lowest BCUT2D eigenvalue weighted by Gasteiger charge is -2.13. The van der Waals surface area contributed by atoms with Crippen LogP contribution in [0.4, 0.5) is 16.2 Å². The molecule has 2 heterocycles. The molecule has 0 bridgehead atoms. The summed E-state index contributed by atoms with van der Waals surface area (Å²) in [4.78, 5) is 15.2. The van der Waals surface area contributed by atoms with Crippen molar-refractivity contribution in [1.82, 2.24) is 4.98 Å². The number of rotatable bonds is 5. The first-order valence-electron chi connectivity index (χ1n) is 7.83. The highest BCUT2D eigenvalue weighted by molar-refractivity contribution is 7.92. The molecule has 10 nitrogen and oxygen atoms in total. The molecule has 2 aromatic rings. The number of fused-ring (bicyclic) bond motifs is 1. The highest BCUT2D eigenvalue weighted by Gasteiger charge is 2.28. The largest absolute Gasteiger partial charge is 0.491 e. The third-order valence-corrected chi connectivity index (χ3v) is 5.27. The van der Waals surface area contributed by atoms with E-state index in [2.05, 4.69) is 19.8 Å². The number of aromatic nitrogens is 1. The van der Waals surface area contributed by atoms with Crippen LogP contribution in [0.5, 0.6) is 0 Å². The minimum Gasteiger partial charge on any atom is -0.453 e. The van der Waals surface area contributed by atoms with Gasteiger partial charge in [-0.25, -0.2) is 9.78 Å². The molecule has 5 N–H and O–H groups in total. The molecule has 1 amide bonds. The standard InChI is InChI=1S/C15H17BN4O6S/c1-25-15(21)19-12-4-10(6-17)14(18-7-12)27(23,24)20-11-3-2-9-8-26-16(22)13(9)5-11/h2-5,7,20,22H,6,8,17H2,1H3,(H,19,21). The Morgan fingerprint density at radius 2 is 2.19 bits per heavy atom. The van der Waals surface area contributed by atoms with Gasteiger partial charge in [-0.2, -0.15) is 8.42 Å². The van der Waals surface area contributed by atoms with E-state index in [9.17, 15) is 18.2 Å². The molecule has 1 aliphatic rings. The Labute approximate surface area is 155 Å². The summed E-state index contributed by atoms with van der Waals surface area (Å²) in [6, 6.07) is 6.13. The number of nitrogens with zero attached hydrogens (tertiary/aromatic N) is 1. The maximum absolute atomic E-state index is 12.7. The third kappa shape index (κ3) is 4.03. The minimum atomic E-state index is -4.05. The normalized spacial score (nSPS) is 13.2.